The Bertz CT molecular complexity index is 1010. The fourth-order valence-electron chi connectivity index (χ4n) is 3.39. The molecule has 33 heavy (non-hydrogen) atoms. The SMILES string of the molecule is CC(=O)NC[C@H]1CN(c2ccc(-c3ccc(CNC(=O)[C@@H](N)CCO)cc3)c(F)c2)C(=O)O1. The number of halogens is 1. The van der Waals surface area contributed by atoms with E-state index in [1.54, 1.807) is 36.4 Å². The van der Waals surface area contributed by atoms with Crippen LogP contribution in [0.5, 0.6) is 0 Å². The van der Waals surface area contributed by atoms with Gasteiger partial charge in [-0.05, 0) is 35.7 Å². The van der Waals surface area contributed by atoms with Crippen LogP contribution < -0.4 is 21.3 Å². The third kappa shape index (κ3) is 6.27. The highest BCUT2D eigenvalue weighted by molar-refractivity contribution is 5.90. The molecule has 1 heterocycles. The second-order valence-corrected chi connectivity index (χ2v) is 7.75. The predicted octanol–water partition coefficient (Wildman–Crippen LogP) is 1.28. The lowest BCUT2D eigenvalue weighted by Crippen LogP contribution is -2.40. The molecule has 9 nitrogen and oxygen atoms in total. The fourth-order valence-corrected chi connectivity index (χ4v) is 3.39. The maximum Gasteiger partial charge on any atom is 0.414 e. The molecule has 0 aliphatic carbocycles. The Morgan fingerprint density at radius 2 is 1.97 bits per heavy atom. The molecule has 0 aromatic heterocycles. The molecule has 5 N–H and O–H groups in total. The number of hydrogen-bond donors (Lipinski definition) is 4. The molecule has 0 unspecified atom stereocenters. The van der Waals surface area contributed by atoms with Crippen molar-refractivity contribution in [3.63, 3.8) is 0 Å². The van der Waals surface area contributed by atoms with E-state index in [-0.39, 0.29) is 44.5 Å². The molecular formula is C23H27FN4O5. The number of hydrogen-bond acceptors (Lipinski definition) is 6. The summed E-state index contributed by atoms with van der Waals surface area (Å²) in [5.41, 5.74) is 7.82. The molecule has 2 aromatic carbocycles. The molecule has 10 heteroatoms. The number of benzene rings is 2. The van der Waals surface area contributed by atoms with Gasteiger partial charge in [0.2, 0.25) is 11.8 Å². The number of ether oxygens (including phenoxy) is 1. The maximum absolute atomic E-state index is 14.9. The van der Waals surface area contributed by atoms with Crippen molar-refractivity contribution in [3.05, 3.63) is 53.8 Å². The Morgan fingerprint density at radius 3 is 2.61 bits per heavy atom. The zero-order valence-electron chi connectivity index (χ0n) is 18.2. The number of aliphatic hydroxyl groups excluding tert-OH is 1. The summed E-state index contributed by atoms with van der Waals surface area (Å²) >= 11 is 0. The monoisotopic (exact) mass is 458 g/mol. The standard InChI is InChI=1S/C23H27FN4O5/c1-14(30)26-12-18-13-28(23(32)33-18)17-6-7-19(20(24)10-17)16-4-2-15(3-5-16)11-27-22(31)21(25)8-9-29/h2-7,10,18,21,29H,8-9,11-13,25H2,1H3,(H,26,30)(H,27,31)/t18-,21-/m0/s1. The summed E-state index contributed by atoms with van der Waals surface area (Å²) < 4.78 is 20.1. The van der Waals surface area contributed by atoms with E-state index in [1.165, 1.54) is 17.9 Å². The van der Waals surface area contributed by atoms with Gasteiger partial charge in [-0.3, -0.25) is 14.5 Å². The van der Waals surface area contributed by atoms with Crippen LogP contribution in [0.1, 0.15) is 18.9 Å². The summed E-state index contributed by atoms with van der Waals surface area (Å²) in [4.78, 5) is 36.3. The van der Waals surface area contributed by atoms with Gasteiger partial charge in [0.15, 0.2) is 0 Å². The van der Waals surface area contributed by atoms with Gasteiger partial charge in [0.1, 0.15) is 11.9 Å². The highest BCUT2D eigenvalue weighted by atomic mass is 19.1. The Hall–Kier alpha value is -3.50. The van der Waals surface area contributed by atoms with E-state index in [4.69, 9.17) is 15.6 Å². The van der Waals surface area contributed by atoms with Crippen LogP contribution >= 0.6 is 0 Å². The molecule has 176 valence electrons. The molecule has 2 atom stereocenters. The third-order valence-electron chi connectivity index (χ3n) is 5.23. The molecule has 3 rings (SSSR count). The Labute approximate surface area is 190 Å². The number of aliphatic hydroxyl groups is 1. The topological polar surface area (TPSA) is 134 Å². The van der Waals surface area contributed by atoms with E-state index >= 15 is 0 Å². The number of carbonyl (C=O) groups is 3. The van der Waals surface area contributed by atoms with Crippen LogP contribution in [0.25, 0.3) is 11.1 Å². The minimum atomic E-state index is -0.768. The second-order valence-electron chi connectivity index (χ2n) is 7.75. The van der Waals surface area contributed by atoms with Crippen molar-refractivity contribution < 1.29 is 28.6 Å². The lowest BCUT2D eigenvalue weighted by molar-refractivity contribution is -0.123. The molecule has 1 aliphatic rings. The van der Waals surface area contributed by atoms with Gasteiger partial charge in [-0.2, -0.15) is 0 Å². The van der Waals surface area contributed by atoms with Crippen molar-refractivity contribution in [2.24, 2.45) is 5.73 Å². The Kier molecular flexibility index (Phi) is 7.96. The van der Waals surface area contributed by atoms with Crippen molar-refractivity contribution in [2.45, 2.75) is 32.0 Å². The number of cyclic esters (lactones) is 1. The Balaban J connectivity index is 1.63. The van der Waals surface area contributed by atoms with Gasteiger partial charge in [0, 0.05) is 25.6 Å². The number of nitrogens with two attached hydrogens (primary N) is 1. The van der Waals surface area contributed by atoms with Gasteiger partial charge in [-0.25, -0.2) is 9.18 Å². The third-order valence-corrected chi connectivity index (χ3v) is 5.23. The normalized spacial score (nSPS) is 16.3. The first-order valence-corrected chi connectivity index (χ1v) is 10.5. The minimum Gasteiger partial charge on any atom is -0.442 e. The van der Waals surface area contributed by atoms with Gasteiger partial charge >= 0.3 is 6.09 Å². The van der Waals surface area contributed by atoms with Crippen LogP contribution in [-0.4, -0.2) is 54.9 Å². The van der Waals surface area contributed by atoms with Gasteiger partial charge in [0.25, 0.3) is 0 Å². The molecule has 1 aliphatic heterocycles. The summed E-state index contributed by atoms with van der Waals surface area (Å²) in [5, 5.41) is 14.1. The number of amides is 3. The average Bonchev–Trinajstić information content (AvgIpc) is 3.17. The van der Waals surface area contributed by atoms with Crippen LogP contribution in [0.4, 0.5) is 14.9 Å². The van der Waals surface area contributed by atoms with Gasteiger partial charge in [0.05, 0.1) is 24.8 Å². The molecule has 0 saturated carbocycles. The molecule has 3 amide bonds. The minimum absolute atomic E-state index is 0.162. The molecule has 2 aromatic rings. The number of carbonyl (C=O) groups excluding carboxylic acids is 3. The number of anilines is 1. The smallest absolute Gasteiger partial charge is 0.414 e. The van der Waals surface area contributed by atoms with E-state index in [0.29, 0.717) is 16.8 Å². The molecular weight excluding hydrogens is 431 g/mol. The molecule has 0 radical (unpaired) electrons. The largest absolute Gasteiger partial charge is 0.442 e. The van der Waals surface area contributed by atoms with E-state index in [0.717, 1.165) is 5.56 Å². The van der Waals surface area contributed by atoms with Gasteiger partial charge < -0.3 is 26.2 Å². The van der Waals surface area contributed by atoms with Crippen molar-refractivity contribution >= 4 is 23.6 Å². The van der Waals surface area contributed by atoms with Gasteiger partial charge in [-0.1, -0.05) is 24.3 Å². The van der Waals surface area contributed by atoms with Crippen LogP contribution in [0, 0.1) is 5.82 Å². The first kappa shape index (κ1) is 24.1. The van der Waals surface area contributed by atoms with Crippen molar-refractivity contribution in [1.82, 2.24) is 10.6 Å². The van der Waals surface area contributed by atoms with Crippen molar-refractivity contribution in [1.29, 1.82) is 0 Å². The first-order valence-electron chi connectivity index (χ1n) is 10.5. The highest BCUT2D eigenvalue weighted by Crippen LogP contribution is 2.29. The first-order chi connectivity index (χ1) is 15.8. The lowest BCUT2D eigenvalue weighted by atomic mass is 10.0. The maximum atomic E-state index is 14.9. The zero-order chi connectivity index (χ0) is 24.0. The summed E-state index contributed by atoms with van der Waals surface area (Å²) in [6, 6.07) is 10.7. The summed E-state index contributed by atoms with van der Waals surface area (Å²) in [6.07, 6.45) is -0.913. The van der Waals surface area contributed by atoms with Crippen molar-refractivity contribution in [3.8, 4) is 11.1 Å². The van der Waals surface area contributed by atoms with Crippen molar-refractivity contribution in [2.75, 3.05) is 24.6 Å². The molecule has 1 saturated heterocycles. The van der Waals surface area contributed by atoms with Crippen LogP contribution in [0.15, 0.2) is 42.5 Å². The van der Waals surface area contributed by atoms with Crippen LogP contribution in [0.3, 0.4) is 0 Å². The fraction of sp³-hybridized carbons (Fsp3) is 0.348. The highest BCUT2D eigenvalue weighted by Gasteiger charge is 2.32. The lowest BCUT2D eigenvalue weighted by Gasteiger charge is -2.15. The quantitative estimate of drug-likeness (QED) is 0.447. The number of rotatable bonds is 9. The molecule has 0 bridgehead atoms. The number of nitrogens with zero attached hydrogens (tertiary/aromatic N) is 1. The summed E-state index contributed by atoms with van der Waals surface area (Å²) in [6.45, 7) is 1.87. The molecule has 1 fully saturated rings. The van der Waals surface area contributed by atoms with Gasteiger partial charge in [-0.15, -0.1) is 0 Å². The van der Waals surface area contributed by atoms with E-state index in [2.05, 4.69) is 10.6 Å². The van der Waals surface area contributed by atoms with E-state index < -0.39 is 24.1 Å². The van der Waals surface area contributed by atoms with E-state index in [9.17, 15) is 18.8 Å². The van der Waals surface area contributed by atoms with Crippen LogP contribution in [0.2, 0.25) is 0 Å². The Morgan fingerprint density at radius 1 is 1.24 bits per heavy atom. The summed E-state index contributed by atoms with van der Waals surface area (Å²) in [5.74, 6) is -1.07. The zero-order valence-corrected chi connectivity index (χ0v) is 18.2. The molecule has 0 spiro atoms. The van der Waals surface area contributed by atoms with E-state index in [1.807, 2.05) is 0 Å². The predicted molar refractivity (Wildman–Crippen MR) is 120 cm³/mol. The van der Waals surface area contributed by atoms with Crippen LogP contribution in [-0.2, 0) is 20.9 Å². The number of nitrogens with one attached hydrogen (secondary N) is 2. The summed E-state index contributed by atoms with van der Waals surface area (Å²) in [7, 11) is 0. The average molecular weight is 458 g/mol. The second kappa shape index (κ2) is 10.9.